The van der Waals surface area contributed by atoms with Crippen molar-refractivity contribution in [2.45, 2.75) is 31.8 Å². The smallest absolute Gasteiger partial charge is 0.317 e. The van der Waals surface area contributed by atoms with E-state index in [2.05, 4.69) is 5.32 Å². The Morgan fingerprint density at radius 2 is 2.04 bits per heavy atom. The number of nitrogens with zero attached hydrogens (tertiary/aromatic N) is 2. The third-order valence-corrected chi connectivity index (χ3v) is 5.33. The van der Waals surface area contributed by atoms with Crippen molar-refractivity contribution in [3.63, 3.8) is 0 Å². The van der Waals surface area contributed by atoms with Crippen LogP contribution >= 0.6 is 23.2 Å². The molecule has 2 amide bonds. The molecule has 1 atom stereocenters. The van der Waals surface area contributed by atoms with Crippen LogP contribution in [0.5, 0.6) is 0 Å². The molecule has 1 aliphatic rings. The number of hydrogen-bond acceptors (Lipinski definition) is 2. The number of hydrogen-bond donors (Lipinski definition) is 1. The number of aryl methyl sites for hydroxylation is 1. The highest BCUT2D eigenvalue weighted by atomic mass is 35.5. The number of likely N-dealkylation sites (tertiary alicyclic amines) is 1. The zero-order valence-electron chi connectivity index (χ0n) is 14.3. The molecule has 0 radical (unpaired) electrons. The zero-order valence-corrected chi connectivity index (χ0v) is 15.8. The van der Waals surface area contributed by atoms with Gasteiger partial charge in [0.15, 0.2) is 0 Å². The van der Waals surface area contributed by atoms with Gasteiger partial charge in [-0.15, -0.1) is 0 Å². The number of benzene rings is 1. The molecule has 3 rings (SSSR count). The molecule has 5 nitrogen and oxygen atoms in total. The first-order chi connectivity index (χ1) is 12.6. The Morgan fingerprint density at radius 3 is 2.81 bits per heavy atom. The highest BCUT2D eigenvalue weighted by molar-refractivity contribution is 6.42. The second-order valence-corrected chi connectivity index (χ2v) is 7.16. The Balaban J connectivity index is 1.54. The van der Waals surface area contributed by atoms with Crippen LogP contribution in [0.4, 0.5) is 4.79 Å². The third kappa shape index (κ3) is 4.40. The molecule has 1 aliphatic heterocycles. The number of carbonyl (C=O) groups excluding carboxylic acids is 1. The molecule has 1 aromatic carbocycles. The minimum Gasteiger partial charge on any atom is -0.338 e. The fraction of sp³-hybridized carbons (Fsp3) is 0.368. The molecule has 1 N–H and O–H groups in total. The number of aromatic nitrogens is 1. The number of rotatable bonds is 5. The molecule has 0 saturated carbocycles. The Bertz CT molecular complexity index is 838. The van der Waals surface area contributed by atoms with Crippen molar-refractivity contribution in [3.8, 4) is 0 Å². The van der Waals surface area contributed by atoms with E-state index in [1.807, 2.05) is 23.1 Å². The Morgan fingerprint density at radius 1 is 1.19 bits per heavy atom. The lowest BCUT2D eigenvalue weighted by atomic mass is 10.0. The number of nitrogens with one attached hydrogen (secondary N) is 1. The predicted octanol–water partition coefficient (Wildman–Crippen LogP) is 4.09. The quantitative estimate of drug-likeness (QED) is 0.777. The van der Waals surface area contributed by atoms with Gasteiger partial charge in [-0.2, -0.15) is 0 Å². The summed E-state index contributed by atoms with van der Waals surface area (Å²) in [6.45, 7) is 1.82. The van der Waals surface area contributed by atoms with Crippen LogP contribution in [-0.4, -0.2) is 28.6 Å². The largest absolute Gasteiger partial charge is 0.338 e. The number of carbonyl (C=O) groups is 1. The minimum atomic E-state index is -0.0843. The fourth-order valence-electron chi connectivity index (χ4n) is 3.27. The standard InChI is InChI=1S/C19H21Cl2N3O2/c20-15-8-7-14(13-16(15)21)17-5-3-12-24(17)19(26)22-9-4-11-23-10-2-1-6-18(23)25/h1-2,6-8,10,13,17H,3-5,9,11-12H2,(H,22,26)/t17-/m1/s1. The molecule has 0 bridgehead atoms. The number of halogens is 2. The van der Waals surface area contributed by atoms with Gasteiger partial charge in [0.1, 0.15) is 0 Å². The molecular formula is C19H21Cl2N3O2. The highest BCUT2D eigenvalue weighted by Crippen LogP contribution is 2.34. The maximum Gasteiger partial charge on any atom is 0.317 e. The van der Waals surface area contributed by atoms with Crippen LogP contribution in [0.25, 0.3) is 0 Å². The summed E-state index contributed by atoms with van der Waals surface area (Å²) >= 11 is 12.1. The monoisotopic (exact) mass is 393 g/mol. The van der Waals surface area contributed by atoms with Crippen molar-refractivity contribution in [2.75, 3.05) is 13.1 Å². The van der Waals surface area contributed by atoms with Gasteiger partial charge in [-0.3, -0.25) is 4.79 Å². The van der Waals surface area contributed by atoms with Crippen molar-refractivity contribution in [1.82, 2.24) is 14.8 Å². The first-order valence-corrected chi connectivity index (χ1v) is 9.47. The molecule has 138 valence electrons. The molecule has 2 aromatic rings. The molecule has 1 fully saturated rings. The van der Waals surface area contributed by atoms with Gasteiger partial charge in [0, 0.05) is 31.9 Å². The summed E-state index contributed by atoms with van der Waals surface area (Å²) in [5, 5.41) is 3.97. The van der Waals surface area contributed by atoms with E-state index < -0.39 is 0 Å². The topological polar surface area (TPSA) is 54.3 Å². The fourth-order valence-corrected chi connectivity index (χ4v) is 3.57. The molecule has 7 heteroatoms. The van der Waals surface area contributed by atoms with Gasteiger partial charge >= 0.3 is 6.03 Å². The summed E-state index contributed by atoms with van der Waals surface area (Å²) in [4.78, 5) is 26.0. The first-order valence-electron chi connectivity index (χ1n) is 8.71. The molecule has 0 aliphatic carbocycles. The molecule has 0 spiro atoms. The molecule has 1 saturated heterocycles. The van der Waals surface area contributed by atoms with Crippen LogP contribution < -0.4 is 10.9 Å². The minimum absolute atomic E-state index is 0.0153. The van der Waals surface area contributed by atoms with Crippen LogP contribution in [0, 0.1) is 0 Å². The van der Waals surface area contributed by atoms with E-state index in [9.17, 15) is 9.59 Å². The molecule has 1 aromatic heterocycles. The van der Waals surface area contributed by atoms with Crippen LogP contribution in [0.1, 0.15) is 30.9 Å². The van der Waals surface area contributed by atoms with Crippen LogP contribution in [-0.2, 0) is 6.54 Å². The third-order valence-electron chi connectivity index (χ3n) is 4.59. The van der Waals surface area contributed by atoms with Gasteiger partial charge in [-0.05, 0) is 43.0 Å². The van der Waals surface area contributed by atoms with E-state index in [4.69, 9.17) is 23.2 Å². The van der Waals surface area contributed by atoms with Crippen LogP contribution in [0.2, 0.25) is 10.0 Å². The zero-order chi connectivity index (χ0) is 18.5. The van der Waals surface area contributed by atoms with Crippen LogP contribution in [0.15, 0.2) is 47.4 Å². The van der Waals surface area contributed by atoms with Crippen molar-refractivity contribution < 1.29 is 4.79 Å². The molecule has 2 heterocycles. The Kier molecular flexibility index (Phi) is 6.22. The van der Waals surface area contributed by atoms with Gasteiger partial charge in [-0.1, -0.05) is 35.3 Å². The van der Waals surface area contributed by atoms with Gasteiger partial charge in [0.25, 0.3) is 0 Å². The van der Waals surface area contributed by atoms with Crippen molar-refractivity contribution in [2.24, 2.45) is 0 Å². The SMILES string of the molecule is O=C(NCCCn1ccccc1=O)N1CCC[C@@H]1c1ccc(Cl)c(Cl)c1. The lowest BCUT2D eigenvalue weighted by molar-refractivity contribution is 0.193. The number of pyridine rings is 1. The number of urea groups is 1. The van der Waals surface area contributed by atoms with E-state index in [1.54, 1.807) is 22.9 Å². The summed E-state index contributed by atoms with van der Waals surface area (Å²) in [7, 11) is 0. The molecule has 0 unspecified atom stereocenters. The van der Waals surface area contributed by atoms with E-state index in [0.717, 1.165) is 24.9 Å². The van der Waals surface area contributed by atoms with Gasteiger partial charge in [0.2, 0.25) is 5.56 Å². The average molecular weight is 394 g/mol. The summed E-state index contributed by atoms with van der Waals surface area (Å²) < 4.78 is 1.64. The summed E-state index contributed by atoms with van der Waals surface area (Å²) in [6, 6.07) is 10.5. The van der Waals surface area contributed by atoms with Crippen molar-refractivity contribution >= 4 is 29.2 Å². The Hall–Kier alpha value is -1.98. The lowest BCUT2D eigenvalue weighted by Gasteiger charge is -2.25. The van der Waals surface area contributed by atoms with E-state index >= 15 is 0 Å². The molecule has 26 heavy (non-hydrogen) atoms. The summed E-state index contributed by atoms with van der Waals surface area (Å²) in [6.07, 6.45) is 4.31. The first kappa shape index (κ1) is 18.8. The Labute approximate surface area is 162 Å². The van der Waals surface area contributed by atoms with Crippen molar-refractivity contribution in [1.29, 1.82) is 0 Å². The van der Waals surface area contributed by atoms with Crippen LogP contribution in [0.3, 0.4) is 0 Å². The van der Waals surface area contributed by atoms with E-state index in [0.29, 0.717) is 29.6 Å². The van der Waals surface area contributed by atoms with E-state index in [-0.39, 0.29) is 17.6 Å². The normalized spacial score (nSPS) is 16.7. The second-order valence-electron chi connectivity index (χ2n) is 6.34. The summed E-state index contributed by atoms with van der Waals surface area (Å²) in [5.41, 5.74) is 0.973. The van der Waals surface area contributed by atoms with Crippen molar-refractivity contribution in [3.05, 3.63) is 68.6 Å². The highest BCUT2D eigenvalue weighted by Gasteiger charge is 2.30. The number of amides is 2. The van der Waals surface area contributed by atoms with Gasteiger partial charge in [0.05, 0.1) is 16.1 Å². The van der Waals surface area contributed by atoms with E-state index in [1.165, 1.54) is 6.07 Å². The maximum absolute atomic E-state index is 12.5. The average Bonchev–Trinajstić information content (AvgIpc) is 3.12. The summed E-state index contributed by atoms with van der Waals surface area (Å²) in [5.74, 6) is 0. The second kappa shape index (κ2) is 8.60. The molecular weight excluding hydrogens is 373 g/mol. The van der Waals surface area contributed by atoms with Gasteiger partial charge in [-0.25, -0.2) is 4.79 Å². The lowest BCUT2D eigenvalue weighted by Crippen LogP contribution is -2.40. The van der Waals surface area contributed by atoms with Gasteiger partial charge < -0.3 is 14.8 Å². The predicted molar refractivity (Wildman–Crippen MR) is 104 cm³/mol. The maximum atomic E-state index is 12.5.